The fraction of sp³-hybridized carbons (Fsp3) is 0.667. The van der Waals surface area contributed by atoms with Crippen molar-refractivity contribution in [2.75, 3.05) is 12.9 Å². The summed E-state index contributed by atoms with van der Waals surface area (Å²) in [5.74, 6) is -1.03. The smallest absolute Gasteiger partial charge is 0.306 e. The molecule has 0 aromatic rings. The number of ether oxygens (including phenoxy) is 1. The Balaban J connectivity index is 2.50. The van der Waals surface area contributed by atoms with Crippen LogP contribution >= 0.6 is 11.8 Å². The van der Waals surface area contributed by atoms with E-state index in [0.29, 0.717) is 6.61 Å². The monoisotopic (exact) mass is 230 g/mol. The Morgan fingerprint density at radius 3 is 3.00 bits per heavy atom. The maximum atomic E-state index is 11.5. The summed E-state index contributed by atoms with van der Waals surface area (Å²) in [6.45, 7) is 2.06. The first-order chi connectivity index (χ1) is 7.17. The predicted molar refractivity (Wildman–Crippen MR) is 58.7 cm³/mol. The molecule has 0 saturated carbocycles. The summed E-state index contributed by atoms with van der Waals surface area (Å²) in [5.41, 5.74) is -0.226. The van der Waals surface area contributed by atoms with E-state index in [9.17, 15) is 9.59 Å². The predicted octanol–water partition coefficient (Wildman–Crippen LogP) is 0.403. The second kappa shape index (κ2) is 5.75. The Hall–Kier alpha value is -1.04. The molecular formula is C9H14N2O3S. The van der Waals surface area contributed by atoms with Crippen LogP contribution < -0.4 is 5.32 Å². The van der Waals surface area contributed by atoms with Crippen molar-refractivity contribution >= 4 is 29.9 Å². The number of carbonyl (C=O) groups excluding carboxylic acids is 2. The normalized spacial score (nSPS) is 24.8. The van der Waals surface area contributed by atoms with Crippen LogP contribution in [-0.2, 0) is 14.3 Å². The van der Waals surface area contributed by atoms with Crippen LogP contribution in [0.1, 0.15) is 13.3 Å². The first-order valence-electron chi connectivity index (χ1n) is 4.69. The number of aliphatic imine (C=N–C) groups is 1. The molecule has 1 heterocycles. The van der Waals surface area contributed by atoms with Crippen LogP contribution in [0, 0.1) is 5.92 Å². The first-order valence-corrected chi connectivity index (χ1v) is 5.98. The molecule has 0 fully saturated rings. The molecule has 0 radical (unpaired) electrons. The molecule has 0 aromatic carbocycles. The van der Waals surface area contributed by atoms with Crippen molar-refractivity contribution < 1.29 is 14.3 Å². The second-order valence-electron chi connectivity index (χ2n) is 3.01. The van der Waals surface area contributed by atoms with Crippen LogP contribution in [-0.4, -0.2) is 36.5 Å². The summed E-state index contributed by atoms with van der Waals surface area (Å²) < 4.78 is 4.76. The van der Waals surface area contributed by atoms with E-state index >= 15 is 0 Å². The number of amides is 1. The Bertz CT molecular complexity index is 281. The van der Waals surface area contributed by atoms with Gasteiger partial charge in [-0.3, -0.25) is 14.6 Å². The zero-order valence-electron chi connectivity index (χ0n) is 8.73. The van der Waals surface area contributed by atoms with Gasteiger partial charge in [0, 0.05) is 6.21 Å². The van der Waals surface area contributed by atoms with Crippen molar-refractivity contribution in [1.29, 1.82) is 0 Å². The van der Waals surface area contributed by atoms with Crippen LogP contribution in [0.25, 0.3) is 0 Å². The highest BCUT2D eigenvalue weighted by Crippen LogP contribution is 2.13. The van der Waals surface area contributed by atoms with Gasteiger partial charge in [0.2, 0.25) is 5.91 Å². The lowest BCUT2D eigenvalue weighted by molar-refractivity contribution is -0.145. The zero-order chi connectivity index (χ0) is 11.3. The van der Waals surface area contributed by atoms with Crippen LogP contribution in [0.2, 0.25) is 0 Å². The highest BCUT2D eigenvalue weighted by molar-refractivity contribution is 7.99. The van der Waals surface area contributed by atoms with Gasteiger partial charge < -0.3 is 10.1 Å². The summed E-state index contributed by atoms with van der Waals surface area (Å²) in [5, 5.41) is 2.68. The zero-order valence-corrected chi connectivity index (χ0v) is 9.54. The fourth-order valence-electron chi connectivity index (χ4n) is 1.18. The number of hydrogen-bond donors (Lipinski definition) is 1. The lowest BCUT2D eigenvalue weighted by Gasteiger charge is -2.21. The molecule has 0 spiro atoms. The highest BCUT2D eigenvalue weighted by Gasteiger charge is 2.26. The maximum absolute atomic E-state index is 11.5. The molecule has 1 rings (SSSR count). The summed E-state index contributed by atoms with van der Waals surface area (Å²) in [6.07, 6.45) is 3.44. The van der Waals surface area contributed by atoms with Gasteiger partial charge in [-0.1, -0.05) is 0 Å². The minimum absolute atomic E-state index is 0.0598. The summed E-state index contributed by atoms with van der Waals surface area (Å²) in [7, 11) is 0. The molecule has 84 valence electrons. The highest BCUT2D eigenvalue weighted by atomic mass is 32.2. The maximum Gasteiger partial charge on any atom is 0.306 e. The summed E-state index contributed by atoms with van der Waals surface area (Å²) in [4.78, 5) is 26.7. The van der Waals surface area contributed by atoms with E-state index in [4.69, 9.17) is 4.74 Å². The molecule has 6 heteroatoms. The van der Waals surface area contributed by atoms with Gasteiger partial charge in [0.25, 0.3) is 0 Å². The number of rotatable bonds is 4. The molecule has 1 N–H and O–H groups in total. The number of esters is 1. The van der Waals surface area contributed by atoms with Gasteiger partial charge in [-0.25, -0.2) is 0 Å². The van der Waals surface area contributed by atoms with Gasteiger partial charge in [-0.05, 0) is 13.2 Å². The van der Waals surface area contributed by atoms with E-state index in [1.165, 1.54) is 18.0 Å². The molecule has 0 aromatic heterocycles. The first kappa shape index (κ1) is 12.0. The van der Waals surface area contributed by atoms with Crippen molar-refractivity contribution in [2.45, 2.75) is 18.8 Å². The average Bonchev–Trinajstić information content (AvgIpc) is 2.21. The van der Waals surface area contributed by atoms with Crippen molar-refractivity contribution in [2.24, 2.45) is 10.9 Å². The van der Waals surface area contributed by atoms with Gasteiger partial charge in [-0.2, -0.15) is 0 Å². The Morgan fingerprint density at radius 1 is 1.73 bits per heavy atom. The van der Waals surface area contributed by atoms with Gasteiger partial charge in [0.1, 0.15) is 0 Å². The van der Waals surface area contributed by atoms with Crippen LogP contribution in [0.15, 0.2) is 4.99 Å². The average molecular weight is 230 g/mol. The molecule has 1 amide bonds. The molecule has 0 bridgehead atoms. The summed E-state index contributed by atoms with van der Waals surface area (Å²) in [6, 6.07) is 0. The van der Waals surface area contributed by atoms with Crippen molar-refractivity contribution in [3.63, 3.8) is 0 Å². The van der Waals surface area contributed by atoms with E-state index in [-0.39, 0.29) is 23.8 Å². The van der Waals surface area contributed by atoms with E-state index in [2.05, 4.69) is 10.3 Å². The van der Waals surface area contributed by atoms with Crippen LogP contribution in [0.3, 0.4) is 0 Å². The van der Waals surface area contributed by atoms with Gasteiger partial charge in [0.15, 0.2) is 5.50 Å². The van der Waals surface area contributed by atoms with E-state index in [1.807, 2.05) is 6.26 Å². The molecule has 2 atom stereocenters. The molecule has 1 aliphatic heterocycles. The van der Waals surface area contributed by atoms with E-state index in [1.54, 1.807) is 6.92 Å². The Labute approximate surface area is 92.7 Å². The summed E-state index contributed by atoms with van der Waals surface area (Å²) >= 11 is 1.43. The molecule has 1 aliphatic rings. The third-order valence-corrected chi connectivity index (χ3v) is 2.61. The van der Waals surface area contributed by atoms with Gasteiger partial charge in [-0.15, -0.1) is 11.8 Å². The lowest BCUT2D eigenvalue weighted by atomic mass is 10.1. The third kappa shape index (κ3) is 3.54. The van der Waals surface area contributed by atoms with Crippen molar-refractivity contribution in [3.05, 3.63) is 0 Å². The number of nitrogens with one attached hydrogen (secondary N) is 1. The number of carbonyl (C=O) groups is 2. The number of thioether (sulfide) groups is 1. The van der Waals surface area contributed by atoms with Gasteiger partial charge >= 0.3 is 5.97 Å². The van der Waals surface area contributed by atoms with E-state index < -0.39 is 5.92 Å². The quantitative estimate of drug-likeness (QED) is 0.710. The van der Waals surface area contributed by atoms with E-state index in [0.717, 1.165) is 0 Å². The minimum atomic E-state index is -0.493. The number of nitrogens with zero attached hydrogens (tertiary/aromatic N) is 1. The molecular weight excluding hydrogens is 216 g/mol. The largest absolute Gasteiger partial charge is 0.466 e. The molecule has 5 nitrogen and oxygen atoms in total. The van der Waals surface area contributed by atoms with Gasteiger partial charge in [0.05, 0.1) is 18.9 Å². The lowest BCUT2D eigenvalue weighted by Crippen LogP contribution is -2.41. The molecule has 0 aliphatic carbocycles. The van der Waals surface area contributed by atoms with Crippen LogP contribution in [0.4, 0.5) is 0 Å². The minimum Gasteiger partial charge on any atom is -0.466 e. The van der Waals surface area contributed by atoms with Crippen molar-refractivity contribution in [3.8, 4) is 0 Å². The Kier molecular flexibility index (Phi) is 4.61. The second-order valence-corrected chi connectivity index (χ2v) is 3.93. The van der Waals surface area contributed by atoms with Crippen molar-refractivity contribution in [1.82, 2.24) is 5.32 Å². The van der Waals surface area contributed by atoms with Crippen LogP contribution in [0.5, 0.6) is 0 Å². The Morgan fingerprint density at radius 2 is 2.47 bits per heavy atom. The molecule has 2 unspecified atom stereocenters. The SMILES string of the molecule is CCOC(=O)CC1C=NC(SC)NC1=O. The standard InChI is InChI=1S/C9H14N2O3S/c1-3-14-7(12)4-6-5-10-9(15-2)11-8(6)13/h5-6,9H,3-4H2,1-2H3,(H,11,13). The topological polar surface area (TPSA) is 67.8 Å². The fourth-order valence-corrected chi connectivity index (χ4v) is 1.61. The molecule has 15 heavy (non-hydrogen) atoms. The third-order valence-electron chi connectivity index (χ3n) is 1.92. The molecule has 0 saturated heterocycles. The number of hydrogen-bond acceptors (Lipinski definition) is 5.